The van der Waals surface area contributed by atoms with Gasteiger partial charge < -0.3 is 9.80 Å². The number of nitrogens with zero attached hydrogens (tertiary/aromatic N) is 6. The Morgan fingerprint density at radius 1 is 1.09 bits per heavy atom. The predicted molar refractivity (Wildman–Crippen MR) is 81.8 cm³/mol. The molecule has 1 saturated heterocycles. The van der Waals surface area contributed by atoms with Crippen molar-refractivity contribution in [1.82, 2.24) is 24.8 Å². The normalized spacial score (nSPS) is 15.5. The molecule has 0 aromatic carbocycles. The average molecular weight is 319 g/mol. The van der Waals surface area contributed by atoms with Crippen molar-refractivity contribution < 1.29 is 4.79 Å². The maximum atomic E-state index is 12.4. The zero-order valence-electron chi connectivity index (χ0n) is 11.9. The zero-order chi connectivity index (χ0) is 15.4. The topological polar surface area (TPSA) is 75.1 Å². The van der Waals surface area contributed by atoms with E-state index >= 15 is 0 Å². The van der Waals surface area contributed by atoms with Crippen molar-refractivity contribution in [3.63, 3.8) is 0 Å². The Hall–Kier alpha value is -2.28. The first-order valence-electron chi connectivity index (χ1n) is 7.02. The smallest absolute Gasteiger partial charge is 0.272 e. The lowest BCUT2D eigenvalue weighted by molar-refractivity contribution is 0.0761. The summed E-state index contributed by atoms with van der Waals surface area (Å²) in [4.78, 5) is 32.6. The second kappa shape index (κ2) is 6.65. The Morgan fingerprint density at radius 3 is 2.64 bits per heavy atom. The third kappa shape index (κ3) is 3.30. The molecule has 1 aliphatic heterocycles. The Labute approximate surface area is 133 Å². The summed E-state index contributed by atoms with van der Waals surface area (Å²) >= 11 is 5.81. The van der Waals surface area contributed by atoms with Gasteiger partial charge in [0.1, 0.15) is 12.0 Å². The molecule has 0 spiro atoms. The van der Waals surface area contributed by atoms with E-state index in [4.69, 9.17) is 11.6 Å². The summed E-state index contributed by atoms with van der Waals surface area (Å²) in [6.07, 6.45) is 6.98. The number of carbonyl (C=O) groups excluding carboxylic acids is 1. The molecule has 0 unspecified atom stereocenters. The minimum absolute atomic E-state index is 0.0683. The molecule has 1 fully saturated rings. The molecule has 0 radical (unpaired) electrons. The number of rotatable bonds is 2. The van der Waals surface area contributed by atoms with Gasteiger partial charge in [-0.25, -0.2) is 19.9 Å². The van der Waals surface area contributed by atoms with Crippen LogP contribution in [0.5, 0.6) is 0 Å². The van der Waals surface area contributed by atoms with Crippen molar-refractivity contribution in [2.45, 2.75) is 6.42 Å². The fraction of sp³-hybridized carbons (Fsp3) is 0.357. The molecule has 7 nitrogen and oxygen atoms in total. The van der Waals surface area contributed by atoms with Gasteiger partial charge in [-0.3, -0.25) is 4.79 Å². The molecule has 0 N–H and O–H groups in total. The van der Waals surface area contributed by atoms with Crippen LogP contribution in [0.15, 0.2) is 31.0 Å². The highest BCUT2D eigenvalue weighted by molar-refractivity contribution is 6.30. The summed E-state index contributed by atoms with van der Waals surface area (Å²) in [5.41, 5.74) is 0.422. The summed E-state index contributed by atoms with van der Waals surface area (Å²) in [6, 6.07) is 1.63. The molecular formula is C14H15ClN6O. The minimum atomic E-state index is -0.0683. The maximum absolute atomic E-state index is 12.4. The molecule has 22 heavy (non-hydrogen) atoms. The first kappa shape index (κ1) is 14.6. The van der Waals surface area contributed by atoms with Crippen molar-refractivity contribution in [2.24, 2.45) is 0 Å². The molecule has 0 saturated carbocycles. The summed E-state index contributed by atoms with van der Waals surface area (Å²) in [7, 11) is 0. The van der Waals surface area contributed by atoms with E-state index in [2.05, 4.69) is 24.8 Å². The van der Waals surface area contributed by atoms with Gasteiger partial charge in [-0.1, -0.05) is 11.6 Å². The summed E-state index contributed by atoms with van der Waals surface area (Å²) in [6.45, 7) is 2.77. The first-order chi connectivity index (χ1) is 10.7. The highest BCUT2D eigenvalue weighted by atomic mass is 35.5. The molecule has 0 aliphatic carbocycles. The quantitative estimate of drug-likeness (QED) is 0.830. The molecule has 1 amide bonds. The van der Waals surface area contributed by atoms with E-state index in [1.165, 1.54) is 6.33 Å². The van der Waals surface area contributed by atoms with Gasteiger partial charge in [0.15, 0.2) is 0 Å². The van der Waals surface area contributed by atoms with Crippen LogP contribution >= 0.6 is 11.6 Å². The van der Waals surface area contributed by atoms with Crippen molar-refractivity contribution in [3.05, 3.63) is 41.7 Å². The number of amides is 1. The minimum Gasteiger partial charge on any atom is -0.339 e. The van der Waals surface area contributed by atoms with E-state index in [9.17, 15) is 4.79 Å². The predicted octanol–water partition coefficient (Wildman–Crippen LogP) is 1.27. The van der Waals surface area contributed by atoms with E-state index in [0.29, 0.717) is 36.3 Å². The molecule has 0 atom stereocenters. The van der Waals surface area contributed by atoms with Crippen LogP contribution in [-0.4, -0.2) is 56.9 Å². The Kier molecular flexibility index (Phi) is 4.43. The van der Waals surface area contributed by atoms with Crippen LogP contribution in [0.1, 0.15) is 16.9 Å². The van der Waals surface area contributed by atoms with Gasteiger partial charge in [0.25, 0.3) is 5.91 Å². The van der Waals surface area contributed by atoms with E-state index in [1.807, 2.05) is 0 Å². The van der Waals surface area contributed by atoms with Crippen molar-refractivity contribution in [3.8, 4) is 0 Å². The number of halogens is 1. The Bertz CT molecular complexity index is 636. The van der Waals surface area contributed by atoms with Gasteiger partial charge in [-0.15, -0.1) is 0 Å². The molecule has 8 heteroatoms. The van der Waals surface area contributed by atoms with E-state index in [1.54, 1.807) is 29.6 Å². The van der Waals surface area contributed by atoms with Crippen LogP contribution in [0.3, 0.4) is 0 Å². The monoisotopic (exact) mass is 318 g/mol. The molecule has 3 heterocycles. The number of hydrogen-bond acceptors (Lipinski definition) is 6. The molecule has 3 rings (SSSR count). The summed E-state index contributed by atoms with van der Waals surface area (Å²) < 4.78 is 0. The average Bonchev–Trinajstić information content (AvgIpc) is 2.82. The number of carbonyl (C=O) groups is 1. The lowest BCUT2D eigenvalue weighted by Crippen LogP contribution is -2.36. The lowest BCUT2D eigenvalue weighted by atomic mass is 10.3. The molecule has 2 aromatic heterocycles. The second-order valence-corrected chi connectivity index (χ2v) is 5.37. The molecule has 2 aromatic rings. The first-order valence-corrected chi connectivity index (χ1v) is 7.39. The van der Waals surface area contributed by atoms with Crippen molar-refractivity contribution >= 4 is 23.5 Å². The maximum Gasteiger partial charge on any atom is 0.272 e. The van der Waals surface area contributed by atoms with Crippen LogP contribution in [0.4, 0.5) is 5.95 Å². The number of hydrogen-bond donors (Lipinski definition) is 0. The standard InChI is InChI=1S/C14H15ClN6O/c15-11-8-17-14(18-9-11)21-5-1-4-20(6-7-21)13(22)12-2-3-16-10-19-12/h2-3,8-10H,1,4-7H2. The largest absolute Gasteiger partial charge is 0.339 e. The highest BCUT2D eigenvalue weighted by Crippen LogP contribution is 2.14. The summed E-state index contributed by atoms with van der Waals surface area (Å²) in [5.74, 6) is 0.571. The molecular weight excluding hydrogens is 304 g/mol. The van der Waals surface area contributed by atoms with Gasteiger partial charge in [-0.05, 0) is 12.5 Å². The zero-order valence-corrected chi connectivity index (χ0v) is 12.6. The molecule has 1 aliphatic rings. The second-order valence-electron chi connectivity index (χ2n) is 4.93. The number of anilines is 1. The van der Waals surface area contributed by atoms with Gasteiger partial charge in [-0.2, -0.15) is 0 Å². The van der Waals surface area contributed by atoms with E-state index in [0.717, 1.165) is 13.0 Å². The van der Waals surface area contributed by atoms with E-state index in [-0.39, 0.29) is 5.91 Å². The van der Waals surface area contributed by atoms with Crippen LogP contribution in [0.25, 0.3) is 0 Å². The fourth-order valence-electron chi connectivity index (χ4n) is 2.37. The summed E-state index contributed by atoms with van der Waals surface area (Å²) in [5, 5.41) is 0.513. The van der Waals surface area contributed by atoms with Crippen LogP contribution in [-0.2, 0) is 0 Å². The van der Waals surface area contributed by atoms with Crippen LogP contribution < -0.4 is 4.90 Å². The molecule has 114 valence electrons. The Balaban J connectivity index is 1.67. The van der Waals surface area contributed by atoms with E-state index < -0.39 is 0 Å². The fourth-order valence-corrected chi connectivity index (χ4v) is 2.47. The number of aromatic nitrogens is 4. The van der Waals surface area contributed by atoms with Crippen LogP contribution in [0.2, 0.25) is 5.02 Å². The van der Waals surface area contributed by atoms with Gasteiger partial charge in [0.05, 0.1) is 17.4 Å². The Morgan fingerprint density at radius 2 is 1.91 bits per heavy atom. The molecule has 0 bridgehead atoms. The van der Waals surface area contributed by atoms with Crippen molar-refractivity contribution in [2.75, 3.05) is 31.1 Å². The SMILES string of the molecule is O=C(c1ccncn1)N1CCCN(c2ncc(Cl)cn2)CC1. The lowest BCUT2D eigenvalue weighted by Gasteiger charge is -2.21. The third-order valence-corrected chi connectivity index (χ3v) is 3.67. The van der Waals surface area contributed by atoms with Gasteiger partial charge >= 0.3 is 0 Å². The van der Waals surface area contributed by atoms with Gasteiger partial charge in [0.2, 0.25) is 5.95 Å². The van der Waals surface area contributed by atoms with Gasteiger partial charge in [0, 0.05) is 32.4 Å². The highest BCUT2D eigenvalue weighted by Gasteiger charge is 2.22. The van der Waals surface area contributed by atoms with Crippen LogP contribution in [0, 0.1) is 0 Å². The van der Waals surface area contributed by atoms with Crippen molar-refractivity contribution in [1.29, 1.82) is 0 Å². The third-order valence-electron chi connectivity index (χ3n) is 3.47.